The number of phenolic OH excluding ortho intramolecular Hbond substituents is 1. The molecule has 0 aliphatic heterocycles. The van der Waals surface area contributed by atoms with E-state index in [1.165, 1.54) is 6.07 Å². The van der Waals surface area contributed by atoms with E-state index in [2.05, 4.69) is 38.7 Å². The number of aromatic amines is 1. The van der Waals surface area contributed by atoms with Gasteiger partial charge in [-0.1, -0.05) is 30.3 Å². The summed E-state index contributed by atoms with van der Waals surface area (Å²) in [5.74, 6) is -0.255. The second kappa shape index (κ2) is 8.56. The predicted octanol–water partition coefficient (Wildman–Crippen LogP) is 4.08. The predicted molar refractivity (Wildman–Crippen MR) is 113 cm³/mol. The van der Waals surface area contributed by atoms with E-state index in [0.717, 1.165) is 47.0 Å². The minimum absolute atomic E-state index is 0.00125. The minimum Gasteiger partial charge on any atom is -0.507 e. The van der Waals surface area contributed by atoms with E-state index in [1.54, 1.807) is 24.4 Å². The Morgan fingerprint density at radius 2 is 1.93 bits per heavy atom. The first-order valence-electron chi connectivity index (χ1n) is 9.66. The average Bonchev–Trinajstić information content (AvgIpc) is 3.16. The van der Waals surface area contributed by atoms with Crippen LogP contribution in [-0.4, -0.2) is 32.7 Å². The molecule has 6 heteroatoms. The molecular weight excluding hydrogens is 364 g/mol. The normalized spacial score (nSPS) is 10.9. The maximum Gasteiger partial charge on any atom is 0.255 e. The minimum atomic E-state index is -0.253. The third kappa shape index (κ3) is 4.27. The van der Waals surface area contributed by atoms with Crippen LogP contribution in [0.15, 0.2) is 67.0 Å². The molecular formula is C23H22N4O2. The lowest BCUT2D eigenvalue weighted by Gasteiger charge is -2.06. The van der Waals surface area contributed by atoms with Crippen molar-refractivity contribution < 1.29 is 9.90 Å². The first kappa shape index (κ1) is 18.7. The van der Waals surface area contributed by atoms with Crippen molar-refractivity contribution in [3.8, 4) is 16.9 Å². The van der Waals surface area contributed by atoms with Gasteiger partial charge in [0.2, 0.25) is 0 Å². The number of carbonyl (C=O) groups is 1. The summed E-state index contributed by atoms with van der Waals surface area (Å²) >= 11 is 0. The van der Waals surface area contributed by atoms with E-state index in [1.807, 2.05) is 18.3 Å². The van der Waals surface area contributed by atoms with Crippen molar-refractivity contribution in [3.05, 3.63) is 78.2 Å². The Balaban J connectivity index is 1.31. The number of pyridine rings is 1. The number of amides is 1. The fourth-order valence-electron chi connectivity index (χ4n) is 3.36. The summed E-state index contributed by atoms with van der Waals surface area (Å²) in [5, 5.41) is 21.3. The Labute approximate surface area is 168 Å². The molecule has 4 rings (SSSR count). The average molecular weight is 386 g/mol. The van der Waals surface area contributed by atoms with Gasteiger partial charge in [-0.25, -0.2) is 0 Å². The molecule has 146 valence electrons. The Bertz CT molecular complexity index is 1120. The molecule has 0 unspecified atom stereocenters. The van der Waals surface area contributed by atoms with Crippen LogP contribution in [0.5, 0.6) is 5.75 Å². The number of rotatable bonds is 7. The summed E-state index contributed by atoms with van der Waals surface area (Å²) in [6.45, 7) is 0.556. The van der Waals surface area contributed by atoms with Crippen molar-refractivity contribution in [2.24, 2.45) is 0 Å². The molecule has 4 aromatic rings. The van der Waals surface area contributed by atoms with E-state index in [0.29, 0.717) is 12.1 Å². The van der Waals surface area contributed by atoms with E-state index in [4.69, 9.17) is 0 Å². The van der Waals surface area contributed by atoms with Crippen LogP contribution in [0.25, 0.3) is 22.0 Å². The van der Waals surface area contributed by atoms with Gasteiger partial charge in [0.25, 0.3) is 5.91 Å². The van der Waals surface area contributed by atoms with Crippen molar-refractivity contribution >= 4 is 16.8 Å². The number of H-pyrrole nitrogens is 1. The Hall–Kier alpha value is -3.67. The number of benzene rings is 2. The third-order valence-electron chi connectivity index (χ3n) is 4.91. The zero-order valence-corrected chi connectivity index (χ0v) is 15.9. The second-order valence-corrected chi connectivity index (χ2v) is 6.90. The summed E-state index contributed by atoms with van der Waals surface area (Å²) < 4.78 is 0. The molecule has 0 atom stereocenters. The molecule has 0 saturated heterocycles. The number of phenols is 1. The Morgan fingerprint density at radius 1 is 1.03 bits per heavy atom. The van der Waals surface area contributed by atoms with Gasteiger partial charge in [0.05, 0.1) is 16.8 Å². The van der Waals surface area contributed by atoms with Gasteiger partial charge in [0.15, 0.2) is 0 Å². The van der Waals surface area contributed by atoms with Crippen LogP contribution in [-0.2, 0) is 6.42 Å². The number of para-hydroxylation sites is 1. The number of aromatic hydroxyl groups is 1. The highest BCUT2D eigenvalue weighted by Gasteiger charge is 2.10. The maximum absolute atomic E-state index is 12.1. The molecule has 0 radical (unpaired) electrons. The SMILES string of the molecule is O=C(NCCCCc1n[nH]c2cc(-c3cccnc3)ccc12)c1ccccc1O. The molecule has 2 aromatic carbocycles. The number of fused-ring (bicyclic) bond motifs is 1. The number of nitrogens with one attached hydrogen (secondary N) is 2. The number of nitrogens with zero attached hydrogens (tertiary/aromatic N) is 2. The lowest BCUT2D eigenvalue weighted by Crippen LogP contribution is -2.24. The van der Waals surface area contributed by atoms with Gasteiger partial charge >= 0.3 is 0 Å². The molecule has 2 heterocycles. The smallest absolute Gasteiger partial charge is 0.255 e. The second-order valence-electron chi connectivity index (χ2n) is 6.90. The van der Waals surface area contributed by atoms with Crippen molar-refractivity contribution in [3.63, 3.8) is 0 Å². The van der Waals surface area contributed by atoms with Crippen LogP contribution >= 0.6 is 0 Å². The molecule has 3 N–H and O–H groups in total. The fourth-order valence-corrected chi connectivity index (χ4v) is 3.36. The highest BCUT2D eigenvalue weighted by molar-refractivity contribution is 5.96. The first-order valence-corrected chi connectivity index (χ1v) is 9.66. The highest BCUT2D eigenvalue weighted by Crippen LogP contribution is 2.25. The molecule has 2 aromatic heterocycles. The molecule has 0 aliphatic rings. The third-order valence-corrected chi connectivity index (χ3v) is 4.91. The topological polar surface area (TPSA) is 90.9 Å². The summed E-state index contributed by atoms with van der Waals surface area (Å²) in [7, 11) is 0. The van der Waals surface area contributed by atoms with Gasteiger partial charge < -0.3 is 10.4 Å². The van der Waals surface area contributed by atoms with E-state index in [-0.39, 0.29) is 11.7 Å². The highest BCUT2D eigenvalue weighted by atomic mass is 16.3. The zero-order chi connectivity index (χ0) is 20.1. The largest absolute Gasteiger partial charge is 0.507 e. The lowest BCUT2D eigenvalue weighted by molar-refractivity contribution is 0.0950. The Kier molecular flexibility index (Phi) is 5.52. The van der Waals surface area contributed by atoms with Gasteiger partial charge in [-0.05, 0) is 49.1 Å². The number of unbranched alkanes of at least 4 members (excludes halogenated alkanes) is 1. The van der Waals surface area contributed by atoms with E-state index in [9.17, 15) is 9.90 Å². The maximum atomic E-state index is 12.1. The van der Waals surface area contributed by atoms with Gasteiger partial charge in [-0.15, -0.1) is 0 Å². The lowest BCUT2D eigenvalue weighted by atomic mass is 10.0. The molecule has 29 heavy (non-hydrogen) atoms. The van der Waals surface area contributed by atoms with E-state index < -0.39 is 0 Å². The van der Waals surface area contributed by atoms with Gasteiger partial charge in [-0.3, -0.25) is 14.9 Å². The van der Waals surface area contributed by atoms with Crippen LogP contribution in [0.1, 0.15) is 28.9 Å². The molecule has 0 spiro atoms. The van der Waals surface area contributed by atoms with Crippen molar-refractivity contribution in [2.45, 2.75) is 19.3 Å². The molecule has 0 bridgehead atoms. The van der Waals surface area contributed by atoms with Crippen molar-refractivity contribution in [1.82, 2.24) is 20.5 Å². The van der Waals surface area contributed by atoms with Gasteiger partial charge in [0.1, 0.15) is 5.75 Å². The van der Waals surface area contributed by atoms with Crippen LogP contribution in [0.4, 0.5) is 0 Å². The molecule has 0 aliphatic carbocycles. The number of hydrogen-bond donors (Lipinski definition) is 3. The number of hydrogen-bond acceptors (Lipinski definition) is 4. The van der Waals surface area contributed by atoms with Crippen molar-refractivity contribution in [2.75, 3.05) is 6.54 Å². The number of aryl methyl sites for hydroxylation is 1. The van der Waals surface area contributed by atoms with Crippen LogP contribution in [0.2, 0.25) is 0 Å². The monoisotopic (exact) mass is 386 g/mol. The molecule has 0 fully saturated rings. The number of aromatic nitrogens is 3. The summed E-state index contributed by atoms with van der Waals surface area (Å²) in [6, 6.07) is 16.8. The Morgan fingerprint density at radius 3 is 2.76 bits per heavy atom. The fraction of sp³-hybridized carbons (Fsp3) is 0.174. The van der Waals surface area contributed by atoms with Crippen LogP contribution in [0, 0.1) is 0 Å². The van der Waals surface area contributed by atoms with Gasteiger partial charge in [0, 0.05) is 29.9 Å². The molecule has 0 saturated carbocycles. The number of carbonyl (C=O) groups excluding carboxylic acids is 1. The quantitative estimate of drug-likeness (QED) is 0.417. The van der Waals surface area contributed by atoms with Crippen LogP contribution in [0.3, 0.4) is 0 Å². The first-order chi connectivity index (χ1) is 14.2. The molecule has 6 nitrogen and oxygen atoms in total. The zero-order valence-electron chi connectivity index (χ0n) is 15.9. The van der Waals surface area contributed by atoms with Crippen molar-refractivity contribution in [1.29, 1.82) is 0 Å². The molecule has 1 amide bonds. The standard InChI is InChI=1S/C23H22N4O2/c28-22-9-2-1-7-19(22)23(29)25-13-4-3-8-20-18-11-10-16(14-21(18)27-26-20)17-6-5-12-24-15-17/h1-2,5-7,9-12,14-15,28H,3-4,8,13H2,(H,25,29)(H,26,27). The van der Waals surface area contributed by atoms with Crippen LogP contribution < -0.4 is 5.32 Å². The van der Waals surface area contributed by atoms with Gasteiger partial charge in [-0.2, -0.15) is 5.10 Å². The summed E-state index contributed by atoms with van der Waals surface area (Å²) in [5.41, 5.74) is 4.52. The summed E-state index contributed by atoms with van der Waals surface area (Å²) in [6.07, 6.45) is 6.19. The summed E-state index contributed by atoms with van der Waals surface area (Å²) in [4.78, 5) is 16.3. The van der Waals surface area contributed by atoms with E-state index >= 15 is 0 Å².